The first kappa shape index (κ1) is 14.9. The van der Waals surface area contributed by atoms with E-state index >= 15 is 0 Å². The van der Waals surface area contributed by atoms with E-state index in [-0.39, 0.29) is 5.91 Å². The van der Waals surface area contributed by atoms with Gasteiger partial charge in [-0.3, -0.25) is 9.78 Å². The molecule has 1 N–H and O–H groups in total. The quantitative estimate of drug-likeness (QED) is 0.771. The average Bonchev–Trinajstić information content (AvgIpc) is 3.08. The van der Waals surface area contributed by atoms with Crippen molar-refractivity contribution in [1.29, 1.82) is 0 Å². The fraction of sp³-hybridized carbons (Fsp3) is 0.238. The number of para-hydroxylation sites is 1. The summed E-state index contributed by atoms with van der Waals surface area (Å²) in [6, 6.07) is 16.0. The van der Waals surface area contributed by atoms with Gasteiger partial charge in [-0.15, -0.1) is 0 Å². The summed E-state index contributed by atoms with van der Waals surface area (Å²) in [5.41, 5.74) is 6.02. The standard InChI is InChI=1S/C21H20N2O/c1-2-14-10-12-15(13-11-14)22-21(24)20-16-6-3-4-8-18(16)23-19-9-5-7-17(19)20/h3-4,6,8,10-13H,2,5,7,9H2,1H3,(H,22,24). The Kier molecular flexibility index (Phi) is 3.77. The highest BCUT2D eigenvalue weighted by atomic mass is 16.1. The van der Waals surface area contributed by atoms with Gasteiger partial charge in [0.2, 0.25) is 0 Å². The molecule has 0 atom stereocenters. The van der Waals surface area contributed by atoms with Gasteiger partial charge in [-0.25, -0.2) is 0 Å². The van der Waals surface area contributed by atoms with Crippen LogP contribution < -0.4 is 5.32 Å². The maximum absolute atomic E-state index is 13.0. The Balaban J connectivity index is 1.76. The highest BCUT2D eigenvalue weighted by Crippen LogP contribution is 2.30. The van der Waals surface area contributed by atoms with E-state index in [0.29, 0.717) is 0 Å². The predicted octanol–water partition coefficient (Wildman–Crippen LogP) is 4.54. The van der Waals surface area contributed by atoms with Crippen molar-refractivity contribution in [3.8, 4) is 0 Å². The lowest BCUT2D eigenvalue weighted by molar-refractivity contribution is 0.102. The molecule has 1 heterocycles. The molecule has 1 aliphatic rings. The number of nitrogens with zero attached hydrogens (tertiary/aromatic N) is 1. The Morgan fingerprint density at radius 3 is 2.67 bits per heavy atom. The van der Waals surface area contributed by atoms with Gasteiger partial charge < -0.3 is 5.32 Å². The smallest absolute Gasteiger partial charge is 0.256 e. The zero-order chi connectivity index (χ0) is 16.5. The zero-order valence-corrected chi connectivity index (χ0v) is 13.8. The molecule has 3 aromatic rings. The number of rotatable bonds is 3. The van der Waals surface area contributed by atoms with Gasteiger partial charge in [-0.05, 0) is 55.0 Å². The van der Waals surface area contributed by atoms with Crippen molar-refractivity contribution in [1.82, 2.24) is 4.98 Å². The second-order valence-electron chi connectivity index (χ2n) is 6.29. The molecule has 3 heteroatoms. The Morgan fingerprint density at radius 1 is 1.08 bits per heavy atom. The number of carbonyl (C=O) groups excluding carboxylic acids is 1. The molecule has 0 bridgehead atoms. The third-order valence-corrected chi connectivity index (χ3v) is 4.77. The Bertz CT molecular complexity index is 913. The molecule has 4 rings (SSSR count). The SMILES string of the molecule is CCc1ccc(NC(=O)c2c3c(nc4ccccc24)CCC3)cc1. The van der Waals surface area contributed by atoms with E-state index in [0.717, 1.165) is 59.1 Å². The number of hydrogen-bond acceptors (Lipinski definition) is 2. The Morgan fingerprint density at radius 2 is 1.88 bits per heavy atom. The van der Waals surface area contributed by atoms with Gasteiger partial charge in [0.15, 0.2) is 0 Å². The lowest BCUT2D eigenvalue weighted by Crippen LogP contribution is -2.15. The summed E-state index contributed by atoms with van der Waals surface area (Å²) in [7, 11) is 0. The van der Waals surface area contributed by atoms with Gasteiger partial charge in [-0.1, -0.05) is 37.3 Å². The number of anilines is 1. The molecule has 0 fully saturated rings. The van der Waals surface area contributed by atoms with Gasteiger partial charge in [0.25, 0.3) is 5.91 Å². The van der Waals surface area contributed by atoms with Gasteiger partial charge in [-0.2, -0.15) is 0 Å². The minimum Gasteiger partial charge on any atom is -0.322 e. The molecule has 24 heavy (non-hydrogen) atoms. The molecule has 0 spiro atoms. The average molecular weight is 316 g/mol. The van der Waals surface area contributed by atoms with Crippen molar-refractivity contribution >= 4 is 22.5 Å². The van der Waals surface area contributed by atoms with E-state index in [9.17, 15) is 4.79 Å². The fourth-order valence-electron chi connectivity index (χ4n) is 3.49. The van der Waals surface area contributed by atoms with Crippen LogP contribution in [0.25, 0.3) is 10.9 Å². The van der Waals surface area contributed by atoms with Crippen LogP contribution in [0.1, 0.15) is 40.5 Å². The highest BCUT2D eigenvalue weighted by Gasteiger charge is 2.23. The third kappa shape index (κ3) is 2.56. The maximum Gasteiger partial charge on any atom is 0.256 e. The van der Waals surface area contributed by atoms with Gasteiger partial charge in [0, 0.05) is 16.8 Å². The first-order valence-corrected chi connectivity index (χ1v) is 8.57. The number of hydrogen-bond donors (Lipinski definition) is 1. The topological polar surface area (TPSA) is 42.0 Å². The molecule has 0 aliphatic heterocycles. The third-order valence-electron chi connectivity index (χ3n) is 4.77. The monoisotopic (exact) mass is 316 g/mol. The van der Waals surface area contributed by atoms with Crippen molar-refractivity contribution in [2.45, 2.75) is 32.6 Å². The van der Waals surface area contributed by atoms with Crippen LogP contribution in [-0.4, -0.2) is 10.9 Å². The molecular weight excluding hydrogens is 296 g/mol. The lowest BCUT2D eigenvalue weighted by Gasteiger charge is -2.13. The van der Waals surface area contributed by atoms with Crippen LogP contribution in [-0.2, 0) is 19.3 Å². The van der Waals surface area contributed by atoms with Crippen LogP contribution >= 0.6 is 0 Å². The normalized spacial score (nSPS) is 13.0. The number of fused-ring (bicyclic) bond motifs is 2. The molecule has 1 aliphatic carbocycles. The highest BCUT2D eigenvalue weighted by molar-refractivity contribution is 6.13. The van der Waals surface area contributed by atoms with E-state index in [2.05, 4.69) is 24.4 Å². The van der Waals surface area contributed by atoms with Crippen LogP contribution in [0.3, 0.4) is 0 Å². The lowest BCUT2D eigenvalue weighted by atomic mass is 10.0. The van der Waals surface area contributed by atoms with E-state index < -0.39 is 0 Å². The molecule has 120 valence electrons. The van der Waals surface area contributed by atoms with Crippen molar-refractivity contribution in [3.63, 3.8) is 0 Å². The minimum absolute atomic E-state index is 0.0315. The summed E-state index contributed by atoms with van der Waals surface area (Å²) in [6.07, 6.45) is 3.97. The second kappa shape index (κ2) is 6.08. The molecule has 1 amide bonds. The van der Waals surface area contributed by atoms with Crippen LogP contribution in [0.5, 0.6) is 0 Å². The number of pyridine rings is 1. The van der Waals surface area contributed by atoms with Crippen molar-refractivity contribution in [3.05, 3.63) is 70.9 Å². The number of aromatic nitrogens is 1. The summed E-state index contributed by atoms with van der Waals surface area (Å²) in [4.78, 5) is 17.8. The number of carbonyl (C=O) groups is 1. The van der Waals surface area contributed by atoms with E-state index in [1.54, 1.807) is 0 Å². The van der Waals surface area contributed by atoms with Gasteiger partial charge in [0.1, 0.15) is 0 Å². The van der Waals surface area contributed by atoms with Crippen molar-refractivity contribution in [2.75, 3.05) is 5.32 Å². The Labute approximate surface area is 141 Å². The zero-order valence-electron chi connectivity index (χ0n) is 13.8. The molecule has 0 saturated carbocycles. The van der Waals surface area contributed by atoms with Crippen LogP contribution in [0, 0.1) is 0 Å². The van der Waals surface area contributed by atoms with Crippen LogP contribution in [0.2, 0.25) is 0 Å². The number of amides is 1. The molecule has 2 aromatic carbocycles. The molecular formula is C21H20N2O. The molecule has 0 saturated heterocycles. The minimum atomic E-state index is -0.0315. The number of aryl methyl sites for hydroxylation is 2. The predicted molar refractivity (Wildman–Crippen MR) is 97.5 cm³/mol. The van der Waals surface area contributed by atoms with Gasteiger partial charge >= 0.3 is 0 Å². The van der Waals surface area contributed by atoms with Gasteiger partial charge in [0.05, 0.1) is 11.1 Å². The van der Waals surface area contributed by atoms with Crippen molar-refractivity contribution in [2.24, 2.45) is 0 Å². The van der Waals surface area contributed by atoms with Crippen LogP contribution in [0.15, 0.2) is 48.5 Å². The largest absolute Gasteiger partial charge is 0.322 e. The maximum atomic E-state index is 13.0. The molecule has 0 radical (unpaired) electrons. The van der Waals surface area contributed by atoms with E-state index in [1.165, 1.54) is 5.56 Å². The molecule has 3 nitrogen and oxygen atoms in total. The first-order chi connectivity index (χ1) is 11.8. The summed E-state index contributed by atoms with van der Waals surface area (Å²) >= 11 is 0. The van der Waals surface area contributed by atoms with Crippen LogP contribution in [0.4, 0.5) is 5.69 Å². The number of nitrogens with one attached hydrogen (secondary N) is 1. The summed E-state index contributed by atoms with van der Waals surface area (Å²) in [5, 5.41) is 4.01. The number of benzene rings is 2. The van der Waals surface area contributed by atoms with E-state index in [1.807, 2.05) is 36.4 Å². The summed E-state index contributed by atoms with van der Waals surface area (Å²) in [6.45, 7) is 2.12. The molecule has 0 unspecified atom stereocenters. The summed E-state index contributed by atoms with van der Waals surface area (Å²) < 4.78 is 0. The second-order valence-corrected chi connectivity index (χ2v) is 6.29. The van der Waals surface area contributed by atoms with E-state index in [4.69, 9.17) is 4.98 Å². The molecule has 1 aromatic heterocycles. The summed E-state index contributed by atoms with van der Waals surface area (Å²) in [5.74, 6) is -0.0315. The fourth-order valence-corrected chi connectivity index (χ4v) is 3.49. The Hall–Kier alpha value is -2.68. The first-order valence-electron chi connectivity index (χ1n) is 8.57. The van der Waals surface area contributed by atoms with Crippen molar-refractivity contribution < 1.29 is 4.79 Å².